The molecule has 0 unspecified atom stereocenters. The van der Waals surface area contributed by atoms with Gasteiger partial charge in [-0.2, -0.15) is 0 Å². The van der Waals surface area contributed by atoms with Crippen LogP contribution in [0, 0.1) is 17.0 Å². The van der Waals surface area contributed by atoms with Crippen molar-refractivity contribution in [1.29, 1.82) is 0 Å². The first kappa shape index (κ1) is 12.1. The standard InChI is InChI=1S/C8H9F2N3O3/c1-5-2-6(4-16-5)3-12-7(11)8(9,10)13(14)15/h2,4H,3H2,1H3,(H2,11,12). The van der Waals surface area contributed by atoms with Crippen molar-refractivity contribution in [3.05, 3.63) is 33.8 Å². The van der Waals surface area contributed by atoms with Gasteiger partial charge in [0.15, 0.2) is 0 Å². The lowest BCUT2D eigenvalue weighted by Gasteiger charge is -2.05. The van der Waals surface area contributed by atoms with Crippen LogP contribution in [0.15, 0.2) is 21.7 Å². The summed E-state index contributed by atoms with van der Waals surface area (Å²) in [6.45, 7) is 1.48. The zero-order valence-corrected chi connectivity index (χ0v) is 8.31. The summed E-state index contributed by atoms with van der Waals surface area (Å²) in [5, 5.41) is 9.95. The first-order chi connectivity index (χ1) is 7.34. The number of nitrogens with two attached hydrogens (primary N) is 1. The van der Waals surface area contributed by atoms with Crippen LogP contribution < -0.4 is 5.73 Å². The molecule has 0 aliphatic carbocycles. The maximum Gasteiger partial charge on any atom is 0.571 e. The van der Waals surface area contributed by atoms with E-state index < -0.39 is 16.8 Å². The van der Waals surface area contributed by atoms with Crippen LogP contribution in [0.5, 0.6) is 0 Å². The van der Waals surface area contributed by atoms with Crippen molar-refractivity contribution in [2.24, 2.45) is 10.7 Å². The largest absolute Gasteiger partial charge is 0.571 e. The minimum Gasteiger partial charge on any atom is -0.469 e. The summed E-state index contributed by atoms with van der Waals surface area (Å²) < 4.78 is 30.2. The van der Waals surface area contributed by atoms with E-state index in [9.17, 15) is 18.9 Å². The van der Waals surface area contributed by atoms with E-state index in [1.54, 1.807) is 13.0 Å². The highest BCUT2D eigenvalue weighted by Crippen LogP contribution is 2.15. The molecule has 8 heteroatoms. The third kappa shape index (κ3) is 2.53. The molecule has 16 heavy (non-hydrogen) atoms. The number of alkyl halides is 2. The van der Waals surface area contributed by atoms with E-state index in [0.29, 0.717) is 11.3 Å². The van der Waals surface area contributed by atoms with Crippen LogP contribution in [0.3, 0.4) is 0 Å². The van der Waals surface area contributed by atoms with Gasteiger partial charge < -0.3 is 10.2 Å². The molecule has 0 amide bonds. The second kappa shape index (κ2) is 4.25. The van der Waals surface area contributed by atoms with E-state index in [1.807, 2.05) is 0 Å². The molecule has 2 N–H and O–H groups in total. The molecular formula is C8H9F2N3O3. The van der Waals surface area contributed by atoms with Crippen LogP contribution in [-0.2, 0) is 6.54 Å². The molecule has 0 saturated heterocycles. The molecule has 0 fully saturated rings. The topological polar surface area (TPSA) is 94.7 Å². The fraction of sp³-hybridized carbons (Fsp3) is 0.375. The lowest BCUT2D eigenvalue weighted by atomic mass is 10.3. The molecular weight excluding hydrogens is 224 g/mol. The molecule has 1 aromatic rings. The molecule has 0 aromatic carbocycles. The van der Waals surface area contributed by atoms with E-state index in [1.165, 1.54) is 6.26 Å². The van der Waals surface area contributed by atoms with E-state index in [2.05, 4.69) is 4.99 Å². The number of furan rings is 1. The van der Waals surface area contributed by atoms with Gasteiger partial charge in [-0.15, -0.1) is 8.78 Å². The highest BCUT2D eigenvalue weighted by atomic mass is 19.3. The third-order valence-corrected chi connectivity index (χ3v) is 1.75. The molecule has 0 radical (unpaired) electrons. The number of amidine groups is 1. The average Bonchev–Trinajstić information content (AvgIpc) is 2.60. The summed E-state index contributed by atoms with van der Waals surface area (Å²) in [4.78, 5) is 11.4. The molecule has 0 spiro atoms. The lowest BCUT2D eigenvalue weighted by molar-refractivity contribution is -0.617. The number of rotatable bonds is 4. The highest BCUT2D eigenvalue weighted by Gasteiger charge is 2.49. The van der Waals surface area contributed by atoms with Crippen molar-refractivity contribution in [2.75, 3.05) is 0 Å². The van der Waals surface area contributed by atoms with Gasteiger partial charge in [0.05, 0.1) is 12.8 Å². The summed E-state index contributed by atoms with van der Waals surface area (Å²) in [5.74, 6) is -0.735. The van der Waals surface area contributed by atoms with Crippen LogP contribution in [0.25, 0.3) is 0 Å². The second-order valence-electron chi connectivity index (χ2n) is 3.07. The quantitative estimate of drug-likeness (QED) is 0.279. The first-order valence-corrected chi connectivity index (χ1v) is 4.20. The van der Waals surface area contributed by atoms with Gasteiger partial charge >= 0.3 is 6.05 Å². The Balaban J connectivity index is 2.75. The Labute approximate surface area is 88.9 Å². The summed E-state index contributed by atoms with van der Waals surface area (Å²) in [5.41, 5.74) is 5.35. The summed E-state index contributed by atoms with van der Waals surface area (Å²) in [6.07, 6.45) is 1.32. The summed E-state index contributed by atoms with van der Waals surface area (Å²) in [6, 6.07) is -2.76. The lowest BCUT2D eigenvalue weighted by Crippen LogP contribution is -2.42. The molecule has 1 rings (SSSR count). The molecule has 0 aliphatic heterocycles. The van der Waals surface area contributed by atoms with E-state index in [4.69, 9.17) is 10.2 Å². The Morgan fingerprint density at radius 1 is 1.75 bits per heavy atom. The van der Waals surface area contributed by atoms with Gasteiger partial charge in [-0.1, -0.05) is 0 Å². The van der Waals surface area contributed by atoms with Crippen LogP contribution in [-0.4, -0.2) is 16.8 Å². The van der Waals surface area contributed by atoms with Crippen molar-refractivity contribution in [1.82, 2.24) is 0 Å². The van der Waals surface area contributed by atoms with Crippen molar-refractivity contribution < 1.29 is 18.1 Å². The minimum atomic E-state index is -4.33. The zero-order valence-electron chi connectivity index (χ0n) is 8.31. The maximum absolute atomic E-state index is 12.7. The number of aliphatic imine (C=N–C) groups is 1. The van der Waals surface area contributed by atoms with Crippen LogP contribution in [0.1, 0.15) is 11.3 Å². The fourth-order valence-electron chi connectivity index (χ4n) is 0.946. The highest BCUT2D eigenvalue weighted by molar-refractivity contribution is 5.85. The van der Waals surface area contributed by atoms with Crippen molar-refractivity contribution in [3.8, 4) is 0 Å². The average molecular weight is 233 g/mol. The monoisotopic (exact) mass is 233 g/mol. The minimum absolute atomic E-state index is 0.188. The number of nitro groups is 1. The van der Waals surface area contributed by atoms with Crippen molar-refractivity contribution in [3.63, 3.8) is 0 Å². The van der Waals surface area contributed by atoms with Gasteiger partial charge in [0.1, 0.15) is 10.7 Å². The zero-order chi connectivity index (χ0) is 12.3. The Bertz CT molecular complexity index is 428. The summed E-state index contributed by atoms with van der Waals surface area (Å²) >= 11 is 0. The van der Waals surface area contributed by atoms with Crippen LogP contribution in [0.4, 0.5) is 8.78 Å². The molecule has 1 aromatic heterocycles. The van der Waals surface area contributed by atoms with Gasteiger partial charge in [-0.3, -0.25) is 15.1 Å². The van der Waals surface area contributed by atoms with Gasteiger partial charge in [0, 0.05) is 5.56 Å². The Kier molecular flexibility index (Phi) is 3.21. The van der Waals surface area contributed by atoms with Crippen molar-refractivity contribution >= 4 is 5.84 Å². The molecule has 0 saturated carbocycles. The normalized spacial score (nSPS) is 12.8. The predicted octanol–water partition coefficient (Wildman–Crippen LogP) is 1.31. The van der Waals surface area contributed by atoms with Gasteiger partial charge in [-0.25, -0.2) is 0 Å². The Morgan fingerprint density at radius 2 is 2.38 bits per heavy atom. The number of aryl methyl sites for hydroxylation is 1. The number of halogens is 2. The van der Waals surface area contributed by atoms with Crippen LogP contribution >= 0.6 is 0 Å². The third-order valence-electron chi connectivity index (χ3n) is 1.75. The van der Waals surface area contributed by atoms with Gasteiger partial charge in [0.2, 0.25) is 5.84 Å². The number of hydrogen-bond acceptors (Lipinski definition) is 4. The van der Waals surface area contributed by atoms with Gasteiger partial charge in [-0.05, 0) is 13.0 Å². The summed E-state index contributed by atoms with van der Waals surface area (Å²) in [7, 11) is 0. The number of nitrogens with zero attached hydrogens (tertiary/aromatic N) is 2. The van der Waals surface area contributed by atoms with Crippen molar-refractivity contribution in [2.45, 2.75) is 19.5 Å². The Morgan fingerprint density at radius 3 is 2.81 bits per heavy atom. The number of hydrogen-bond donors (Lipinski definition) is 1. The van der Waals surface area contributed by atoms with Crippen LogP contribution in [0.2, 0.25) is 0 Å². The molecule has 88 valence electrons. The van der Waals surface area contributed by atoms with E-state index in [0.717, 1.165) is 0 Å². The molecule has 0 bridgehead atoms. The SMILES string of the molecule is Cc1cc(CN=C(N)C(F)(F)[N+](=O)[O-])co1. The molecule has 0 atom stereocenters. The molecule has 6 nitrogen and oxygen atoms in total. The Hall–Kier alpha value is -1.99. The smallest absolute Gasteiger partial charge is 0.469 e. The fourth-order valence-corrected chi connectivity index (χ4v) is 0.946. The first-order valence-electron chi connectivity index (χ1n) is 4.20. The van der Waals surface area contributed by atoms with E-state index in [-0.39, 0.29) is 6.54 Å². The predicted molar refractivity (Wildman–Crippen MR) is 50.7 cm³/mol. The molecule has 1 heterocycles. The molecule has 0 aliphatic rings. The second-order valence-corrected chi connectivity index (χ2v) is 3.07. The maximum atomic E-state index is 12.7. The van der Waals surface area contributed by atoms with Gasteiger partial charge in [0.25, 0.3) is 0 Å². The van der Waals surface area contributed by atoms with E-state index >= 15 is 0 Å².